The molecule has 1 aliphatic rings. The van der Waals surface area contributed by atoms with Gasteiger partial charge in [0.15, 0.2) is 0 Å². The predicted molar refractivity (Wildman–Crippen MR) is 93.8 cm³/mol. The zero-order valence-electron chi connectivity index (χ0n) is 15.1. The minimum Gasteiger partial charge on any atom is -0.494 e. The van der Waals surface area contributed by atoms with E-state index < -0.39 is 11.9 Å². The molecule has 0 aliphatic carbocycles. The van der Waals surface area contributed by atoms with Gasteiger partial charge in [0.25, 0.3) is 0 Å². The van der Waals surface area contributed by atoms with Crippen molar-refractivity contribution < 1.29 is 23.7 Å². The van der Waals surface area contributed by atoms with Crippen LogP contribution in [0.4, 0.5) is 0 Å². The number of rotatable bonds is 7. The first-order valence-corrected chi connectivity index (χ1v) is 8.20. The summed E-state index contributed by atoms with van der Waals surface area (Å²) in [6.45, 7) is 4.43. The van der Waals surface area contributed by atoms with Crippen molar-refractivity contribution in [3.8, 4) is 11.8 Å². The van der Waals surface area contributed by atoms with Crippen molar-refractivity contribution in [2.45, 2.75) is 19.8 Å². The topological polar surface area (TPSA) is 104 Å². The molecule has 7 heteroatoms. The second kappa shape index (κ2) is 8.92. The van der Waals surface area contributed by atoms with Gasteiger partial charge in [0.05, 0.1) is 24.7 Å². The Morgan fingerprint density at radius 1 is 1.31 bits per heavy atom. The van der Waals surface area contributed by atoms with E-state index in [0.29, 0.717) is 23.7 Å². The molecule has 0 saturated heterocycles. The SMILES string of the molecule is CCOc1ccc([C@@H]2C(C#N)=C(N)OC(C)=C2C(=O)OCCOC)cc1. The van der Waals surface area contributed by atoms with Gasteiger partial charge in [0, 0.05) is 7.11 Å². The lowest BCUT2D eigenvalue weighted by molar-refractivity contribution is -0.140. The minimum absolute atomic E-state index is 0.0164. The lowest BCUT2D eigenvalue weighted by Crippen LogP contribution is -2.26. The Bertz CT molecular complexity index is 759. The molecule has 0 radical (unpaired) electrons. The van der Waals surface area contributed by atoms with E-state index in [1.54, 1.807) is 31.2 Å². The third-order valence-corrected chi connectivity index (χ3v) is 3.87. The smallest absolute Gasteiger partial charge is 0.338 e. The molecule has 0 saturated carbocycles. The van der Waals surface area contributed by atoms with E-state index in [4.69, 9.17) is 24.7 Å². The zero-order valence-corrected chi connectivity index (χ0v) is 15.1. The molecule has 0 unspecified atom stereocenters. The first-order valence-electron chi connectivity index (χ1n) is 8.20. The van der Waals surface area contributed by atoms with Gasteiger partial charge in [-0.15, -0.1) is 0 Å². The van der Waals surface area contributed by atoms with Crippen molar-refractivity contribution in [1.82, 2.24) is 0 Å². The maximum atomic E-state index is 12.6. The van der Waals surface area contributed by atoms with E-state index in [-0.39, 0.29) is 30.2 Å². The Labute approximate surface area is 152 Å². The molecule has 2 rings (SSSR count). The Morgan fingerprint density at radius 2 is 2.00 bits per heavy atom. The van der Waals surface area contributed by atoms with E-state index in [2.05, 4.69) is 0 Å². The summed E-state index contributed by atoms with van der Waals surface area (Å²) in [7, 11) is 1.52. The van der Waals surface area contributed by atoms with Crippen molar-refractivity contribution in [2.24, 2.45) is 5.73 Å². The Hall–Kier alpha value is -2.98. The van der Waals surface area contributed by atoms with Gasteiger partial charge in [-0.2, -0.15) is 5.26 Å². The molecule has 1 atom stereocenters. The number of nitriles is 1. The quantitative estimate of drug-likeness (QED) is 0.589. The van der Waals surface area contributed by atoms with Gasteiger partial charge in [0.2, 0.25) is 5.88 Å². The van der Waals surface area contributed by atoms with Crippen molar-refractivity contribution in [2.75, 3.05) is 26.9 Å². The molecule has 0 amide bonds. The van der Waals surface area contributed by atoms with E-state index >= 15 is 0 Å². The number of allylic oxidation sites excluding steroid dienone is 2. The van der Waals surface area contributed by atoms with E-state index in [1.165, 1.54) is 7.11 Å². The number of hydrogen-bond acceptors (Lipinski definition) is 7. The summed E-state index contributed by atoms with van der Waals surface area (Å²) in [5, 5.41) is 9.54. The lowest BCUT2D eigenvalue weighted by atomic mass is 9.83. The number of nitrogens with zero attached hydrogens (tertiary/aromatic N) is 1. The molecular formula is C19H22N2O5. The van der Waals surface area contributed by atoms with E-state index in [0.717, 1.165) is 0 Å². The van der Waals surface area contributed by atoms with Crippen LogP contribution in [-0.2, 0) is 19.0 Å². The Kier molecular flexibility index (Phi) is 6.64. The van der Waals surface area contributed by atoms with Crippen molar-refractivity contribution in [3.63, 3.8) is 0 Å². The highest BCUT2D eigenvalue weighted by atomic mass is 16.6. The lowest BCUT2D eigenvalue weighted by Gasteiger charge is -2.27. The molecule has 1 heterocycles. The molecule has 26 heavy (non-hydrogen) atoms. The maximum Gasteiger partial charge on any atom is 0.338 e. The van der Waals surface area contributed by atoms with Crippen LogP contribution in [0.3, 0.4) is 0 Å². The second-order valence-corrected chi connectivity index (χ2v) is 5.53. The molecule has 0 bridgehead atoms. The number of nitrogens with two attached hydrogens (primary N) is 1. The summed E-state index contributed by atoms with van der Waals surface area (Å²) in [4.78, 5) is 12.6. The summed E-state index contributed by atoms with van der Waals surface area (Å²) in [5.74, 6) is -0.248. The Morgan fingerprint density at radius 3 is 2.58 bits per heavy atom. The van der Waals surface area contributed by atoms with Crippen molar-refractivity contribution >= 4 is 5.97 Å². The van der Waals surface area contributed by atoms with Crippen LogP contribution < -0.4 is 10.5 Å². The summed E-state index contributed by atoms with van der Waals surface area (Å²) < 4.78 is 21.0. The minimum atomic E-state index is -0.667. The van der Waals surface area contributed by atoms with Crippen molar-refractivity contribution in [1.29, 1.82) is 5.26 Å². The largest absolute Gasteiger partial charge is 0.494 e. The monoisotopic (exact) mass is 358 g/mol. The van der Waals surface area contributed by atoms with E-state index in [1.807, 2.05) is 13.0 Å². The van der Waals surface area contributed by atoms with Gasteiger partial charge in [-0.25, -0.2) is 4.79 Å². The number of carbonyl (C=O) groups is 1. The standard InChI is InChI=1S/C19H22N2O5/c1-4-24-14-7-5-13(6-8-14)17-15(11-20)18(21)26-12(2)16(17)19(22)25-10-9-23-3/h5-8,17H,4,9-10,21H2,1-3H3/t17-/m1/s1. The van der Waals surface area contributed by atoms with Crippen molar-refractivity contribution in [3.05, 3.63) is 52.6 Å². The molecule has 1 aromatic carbocycles. The molecule has 7 nitrogen and oxygen atoms in total. The molecule has 0 fully saturated rings. The predicted octanol–water partition coefficient (Wildman–Crippen LogP) is 2.36. The molecule has 138 valence electrons. The number of methoxy groups -OCH3 is 1. The highest BCUT2D eigenvalue weighted by Crippen LogP contribution is 2.39. The zero-order chi connectivity index (χ0) is 19.1. The maximum absolute atomic E-state index is 12.6. The molecular weight excluding hydrogens is 336 g/mol. The fourth-order valence-corrected chi connectivity index (χ4v) is 2.70. The highest BCUT2D eigenvalue weighted by Gasteiger charge is 2.36. The Balaban J connectivity index is 2.41. The number of ether oxygens (including phenoxy) is 4. The van der Waals surface area contributed by atoms with Crippen LogP contribution in [0.25, 0.3) is 0 Å². The molecule has 0 aromatic heterocycles. The first kappa shape index (κ1) is 19.3. The fourth-order valence-electron chi connectivity index (χ4n) is 2.70. The molecule has 1 aromatic rings. The van der Waals surface area contributed by atoms with Crippen LogP contribution in [0.2, 0.25) is 0 Å². The summed E-state index contributed by atoms with van der Waals surface area (Å²) in [5.41, 5.74) is 7.00. The average molecular weight is 358 g/mol. The third kappa shape index (κ3) is 4.16. The van der Waals surface area contributed by atoms with Gasteiger partial charge in [-0.05, 0) is 31.5 Å². The van der Waals surface area contributed by atoms with Crippen LogP contribution in [0, 0.1) is 11.3 Å². The molecule has 0 spiro atoms. The summed E-state index contributed by atoms with van der Waals surface area (Å²) in [6, 6.07) is 9.19. The second-order valence-electron chi connectivity index (χ2n) is 5.53. The fraction of sp³-hybridized carbons (Fsp3) is 0.368. The van der Waals surface area contributed by atoms with Crippen LogP contribution in [0.15, 0.2) is 47.1 Å². The van der Waals surface area contributed by atoms with Crippen LogP contribution in [0.1, 0.15) is 25.3 Å². The molecule has 2 N–H and O–H groups in total. The van der Waals surface area contributed by atoms with Gasteiger partial charge >= 0.3 is 5.97 Å². The average Bonchev–Trinajstić information content (AvgIpc) is 2.62. The summed E-state index contributed by atoms with van der Waals surface area (Å²) in [6.07, 6.45) is 0. The van der Waals surface area contributed by atoms with Gasteiger partial charge in [-0.3, -0.25) is 0 Å². The number of benzene rings is 1. The third-order valence-electron chi connectivity index (χ3n) is 3.87. The van der Waals surface area contributed by atoms with Gasteiger partial charge in [-0.1, -0.05) is 12.1 Å². The highest BCUT2D eigenvalue weighted by molar-refractivity contribution is 5.92. The van der Waals surface area contributed by atoms with E-state index in [9.17, 15) is 10.1 Å². The number of esters is 1. The van der Waals surface area contributed by atoms with Crippen LogP contribution in [-0.4, -0.2) is 32.9 Å². The van der Waals surface area contributed by atoms with Gasteiger partial charge in [0.1, 0.15) is 29.8 Å². The van der Waals surface area contributed by atoms with Crippen LogP contribution >= 0.6 is 0 Å². The molecule has 1 aliphatic heterocycles. The van der Waals surface area contributed by atoms with Gasteiger partial charge < -0.3 is 24.7 Å². The van der Waals surface area contributed by atoms with Crippen LogP contribution in [0.5, 0.6) is 5.75 Å². The number of hydrogen-bond donors (Lipinski definition) is 1. The normalized spacial score (nSPS) is 16.8. The first-order chi connectivity index (χ1) is 12.5. The summed E-state index contributed by atoms with van der Waals surface area (Å²) >= 11 is 0. The number of carbonyl (C=O) groups excluding carboxylic acids is 1.